The molecule has 0 aromatic heterocycles. The van der Waals surface area contributed by atoms with Gasteiger partial charge in [0.15, 0.2) is 12.2 Å². The standard InChI is InChI=1S/C19H37NO3S.C7H12O4S/c1-4-5-6-7-8-9-10-11-12-13-15-20-19(22)18(14-16-24-3)23-17(2)21;1-5(8)11-6(7(9)10)3-4-12-2/h18H,4-16H2,1-3H3,(H,20,22);6H,3-4H2,1-2H3,(H,9,10). The molecule has 0 aromatic rings. The molecule has 0 bridgehead atoms. The molecule has 0 spiro atoms. The first-order valence-corrected chi connectivity index (χ1v) is 15.8. The first kappa shape index (κ1) is 36.7. The van der Waals surface area contributed by atoms with E-state index in [1.54, 1.807) is 11.8 Å². The van der Waals surface area contributed by atoms with Crippen molar-refractivity contribution in [3.63, 3.8) is 0 Å². The molecule has 0 rings (SSSR count). The number of carbonyl (C=O) groups excluding carboxylic acids is 3. The quantitative estimate of drug-likeness (QED) is 0.141. The summed E-state index contributed by atoms with van der Waals surface area (Å²) in [5.74, 6) is -0.707. The van der Waals surface area contributed by atoms with Crippen molar-refractivity contribution >= 4 is 47.3 Å². The number of rotatable bonds is 21. The predicted octanol–water partition coefficient (Wildman–Crippen LogP) is 5.46. The zero-order valence-electron chi connectivity index (χ0n) is 23.0. The van der Waals surface area contributed by atoms with Crippen molar-refractivity contribution in [2.24, 2.45) is 0 Å². The number of aliphatic carboxylic acids is 1. The van der Waals surface area contributed by atoms with Crippen molar-refractivity contribution < 1.29 is 33.8 Å². The maximum atomic E-state index is 12.0. The summed E-state index contributed by atoms with van der Waals surface area (Å²) in [6.45, 7) is 5.47. The number of carboxylic acid groups (broad SMARTS) is 1. The minimum absolute atomic E-state index is 0.157. The lowest BCUT2D eigenvalue weighted by molar-refractivity contribution is -0.162. The van der Waals surface area contributed by atoms with Crippen LogP contribution in [-0.2, 0) is 28.7 Å². The Morgan fingerprint density at radius 3 is 1.56 bits per heavy atom. The number of nitrogens with one attached hydrogen (secondary N) is 1. The minimum Gasteiger partial charge on any atom is -0.479 e. The van der Waals surface area contributed by atoms with Gasteiger partial charge in [-0.3, -0.25) is 14.4 Å². The molecule has 36 heavy (non-hydrogen) atoms. The summed E-state index contributed by atoms with van der Waals surface area (Å²) < 4.78 is 9.66. The lowest BCUT2D eigenvalue weighted by Gasteiger charge is -2.16. The van der Waals surface area contributed by atoms with E-state index in [0.717, 1.165) is 18.6 Å². The fourth-order valence-electron chi connectivity index (χ4n) is 3.26. The fourth-order valence-corrected chi connectivity index (χ4v) is 4.16. The van der Waals surface area contributed by atoms with Crippen LogP contribution >= 0.6 is 23.5 Å². The van der Waals surface area contributed by atoms with Gasteiger partial charge in [-0.15, -0.1) is 0 Å². The molecule has 0 saturated heterocycles. The van der Waals surface area contributed by atoms with Crippen molar-refractivity contribution in [3.05, 3.63) is 0 Å². The first-order valence-electron chi connectivity index (χ1n) is 13.0. The predicted molar refractivity (Wildman–Crippen MR) is 150 cm³/mol. The number of ether oxygens (including phenoxy) is 2. The van der Waals surface area contributed by atoms with Crippen LogP contribution in [0, 0.1) is 0 Å². The summed E-state index contributed by atoms with van der Waals surface area (Å²) >= 11 is 3.17. The van der Waals surface area contributed by atoms with Crippen molar-refractivity contribution in [2.45, 2.75) is 110 Å². The Hall–Kier alpha value is -1.42. The molecule has 2 unspecified atom stereocenters. The summed E-state index contributed by atoms with van der Waals surface area (Å²) in [6.07, 6.45) is 15.9. The number of hydrogen-bond acceptors (Lipinski definition) is 8. The zero-order chi connectivity index (χ0) is 27.6. The number of hydrogen-bond donors (Lipinski definition) is 2. The van der Waals surface area contributed by atoms with Crippen LogP contribution in [0.2, 0.25) is 0 Å². The van der Waals surface area contributed by atoms with E-state index in [2.05, 4.69) is 17.0 Å². The largest absolute Gasteiger partial charge is 0.479 e. The number of carbonyl (C=O) groups is 4. The summed E-state index contributed by atoms with van der Waals surface area (Å²) in [7, 11) is 0. The number of amides is 1. The van der Waals surface area contributed by atoms with Gasteiger partial charge in [0.1, 0.15) is 0 Å². The van der Waals surface area contributed by atoms with E-state index in [0.29, 0.717) is 25.1 Å². The topological polar surface area (TPSA) is 119 Å². The molecule has 0 aliphatic rings. The van der Waals surface area contributed by atoms with Gasteiger partial charge in [-0.05, 0) is 30.4 Å². The van der Waals surface area contributed by atoms with E-state index in [4.69, 9.17) is 9.84 Å². The third kappa shape index (κ3) is 25.7. The molecule has 0 saturated carbocycles. The second-order valence-electron chi connectivity index (χ2n) is 8.57. The molecule has 212 valence electrons. The first-order chi connectivity index (χ1) is 17.2. The van der Waals surface area contributed by atoms with Gasteiger partial charge in [-0.2, -0.15) is 23.5 Å². The lowest BCUT2D eigenvalue weighted by atomic mass is 10.1. The van der Waals surface area contributed by atoms with Crippen LogP contribution in [0.3, 0.4) is 0 Å². The number of carboxylic acids is 1. The highest BCUT2D eigenvalue weighted by atomic mass is 32.2. The van der Waals surface area contributed by atoms with Gasteiger partial charge in [0.05, 0.1) is 0 Å². The van der Waals surface area contributed by atoms with Crippen LogP contribution in [-0.4, -0.2) is 71.7 Å². The molecule has 0 radical (unpaired) electrons. The van der Waals surface area contributed by atoms with Gasteiger partial charge in [0, 0.05) is 33.2 Å². The molecule has 10 heteroatoms. The second-order valence-corrected chi connectivity index (χ2v) is 10.5. The van der Waals surface area contributed by atoms with E-state index in [1.165, 1.54) is 77.0 Å². The van der Waals surface area contributed by atoms with Crippen LogP contribution in [0.15, 0.2) is 0 Å². The minimum atomic E-state index is -1.08. The van der Waals surface area contributed by atoms with E-state index in [1.807, 2.05) is 12.5 Å². The van der Waals surface area contributed by atoms with Crippen LogP contribution in [0.4, 0.5) is 0 Å². The van der Waals surface area contributed by atoms with Crippen LogP contribution < -0.4 is 5.32 Å². The zero-order valence-corrected chi connectivity index (χ0v) is 24.6. The molecule has 1 amide bonds. The Labute approximate surface area is 226 Å². The molecule has 2 N–H and O–H groups in total. The van der Waals surface area contributed by atoms with Gasteiger partial charge in [0.2, 0.25) is 0 Å². The molecule has 0 aliphatic heterocycles. The van der Waals surface area contributed by atoms with E-state index in [9.17, 15) is 19.2 Å². The summed E-state index contributed by atoms with van der Waals surface area (Å²) in [5, 5.41) is 11.5. The third-order valence-corrected chi connectivity index (χ3v) is 6.47. The summed E-state index contributed by atoms with van der Waals surface area (Å²) in [5.41, 5.74) is 0. The Morgan fingerprint density at radius 2 is 1.14 bits per heavy atom. The van der Waals surface area contributed by atoms with Crippen molar-refractivity contribution in [1.82, 2.24) is 5.32 Å². The van der Waals surface area contributed by atoms with Gasteiger partial charge < -0.3 is 19.9 Å². The molecule has 0 aromatic carbocycles. The maximum absolute atomic E-state index is 12.0. The smallest absolute Gasteiger partial charge is 0.345 e. The Balaban J connectivity index is 0. The second kappa shape index (κ2) is 26.6. The fraction of sp³-hybridized carbons (Fsp3) is 0.846. The molecule has 8 nitrogen and oxygen atoms in total. The number of unbranched alkanes of at least 4 members (excludes halogenated alkanes) is 9. The third-order valence-electron chi connectivity index (χ3n) is 5.18. The monoisotopic (exact) mass is 551 g/mol. The van der Waals surface area contributed by atoms with Crippen LogP contribution in [0.25, 0.3) is 0 Å². The molecular formula is C26H49NO7S2. The average molecular weight is 552 g/mol. The van der Waals surface area contributed by atoms with E-state index >= 15 is 0 Å². The van der Waals surface area contributed by atoms with Crippen molar-refractivity contribution in [2.75, 3.05) is 30.6 Å². The average Bonchev–Trinajstić information content (AvgIpc) is 2.82. The molecule has 0 fully saturated rings. The van der Waals surface area contributed by atoms with Crippen LogP contribution in [0.1, 0.15) is 97.8 Å². The summed E-state index contributed by atoms with van der Waals surface area (Å²) in [4.78, 5) is 44.0. The van der Waals surface area contributed by atoms with Gasteiger partial charge in [0.25, 0.3) is 5.91 Å². The summed E-state index contributed by atoms with van der Waals surface area (Å²) in [6, 6.07) is 0. The highest BCUT2D eigenvalue weighted by molar-refractivity contribution is 7.98. The normalized spacial score (nSPS) is 12.0. The van der Waals surface area contributed by atoms with Gasteiger partial charge in [-0.25, -0.2) is 4.79 Å². The molecule has 0 heterocycles. The van der Waals surface area contributed by atoms with E-state index < -0.39 is 30.1 Å². The number of thioether (sulfide) groups is 2. The highest BCUT2D eigenvalue weighted by Gasteiger charge is 2.20. The van der Waals surface area contributed by atoms with Crippen molar-refractivity contribution in [1.29, 1.82) is 0 Å². The lowest BCUT2D eigenvalue weighted by Crippen LogP contribution is -2.38. The van der Waals surface area contributed by atoms with Crippen molar-refractivity contribution in [3.8, 4) is 0 Å². The maximum Gasteiger partial charge on any atom is 0.345 e. The molecule has 2 atom stereocenters. The Bertz CT molecular complexity index is 591. The Morgan fingerprint density at radius 1 is 0.722 bits per heavy atom. The molecular weight excluding hydrogens is 502 g/mol. The van der Waals surface area contributed by atoms with Gasteiger partial charge in [-0.1, -0.05) is 64.7 Å². The molecule has 0 aliphatic carbocycles. The van der Waals surface area contributed by atoms with E-state index in [-0.39, 0.29) is 5.91 Å². The highest BCUT2D eigenvalue weighted by Crippen LogP contribution is 2.10. The van der Waals surface area contributed by atoms with Gasteiger partial charge >= 0.3 is 17.9 Å². The van der Waals surface area contributed by atoms with Crippen LogP contribution in [0.5, 0.6) is 0 Å². The SMILES string of the molecule is CCCCCCCCCCCCNC(=O)C(CCSC)OC(C)=O.CSCCC(OC(C)=O)C(=O)O. The number of esters is 2. The Kier molecular flexibility index (Phi) is 27.2.